The summed E-state index contributed by atoms with van der Waals surface area (Å²) in [7, 11) is 4.18. The van der Waals surface area contributed by atoms with Crippen LogP contribution in [0.5, 0.6) is 0 Å². The molecule has 0 spiro atoms. The van der Waals surface area contributed by atoms with Crippen molar-refractivity contribution in [3.8, 4) is 11.5 Å². The van der Waals surface area contributed by atoms with E-state index in [-0.39, 0.29) is 5.91 Å². The zero-order valence-electron chi connectivity index (χ0n) is 16.6. The average molecular weight is 368 g/mol. The van der Waals surface area contributed by atoms with E-state index in [0.29, 0.717) is 25.0 Å². The molecule has 2 aromatic rings. The van der Waals surface area contributed by atoms with Crippen LogP contribution < -0.4 is 5.32 Å². The van der Waals surface area contributed by atoms with Crippen molar-refractivity contribution in [1.29, 1.82) is 0 Å². The third-order valence-electron chi connectivity index (χ3n) is 5.14. The second-order valence-corrected chi connectivity index (χ2v) is 7.25. The highest BCUT2D eigenvalue weighted by atomic mass is 16.2. The Balaban J connectivity index is 1.89. The molecule has 1 N–H and O–H groups in total. The Kier molecular flexibility index (Phi) is 6.01. The minimum absolute atomic E-state index is 0.0768. The largest absolute Gasteiger partial charge is 0.370 e. The van der Waals surface area contributed by atoms with E-state index < -0.39 is 0 Å². The molecule has 1 aliphatic rings. The molecule has 0 aromatic carbocycles. The third-order valence-corrected chi connectivity index (χ3v) is 5.14. The molecule has 0 radical (unpaired) electrons. The number of anilines is 1. The fourth-order valence-corrected chi connectivity index (χ4v) is 3.11. The number of carbonyl (C=O) groups excluding carboxylic acids is 1. The summed E-state index contributed by atoms with van der Waals surface area (Å²) in [6.07, 6.45) is 3.53. The maximum atomic E-state index is 11.8. The molecule has 0 bridgehead atoms. The summed E-state index contributed by atoms with van der Waals surface area (Å²) in [5.74, 6) is 1.55. The second kappa shape index (κ2) is 8.43. The average Bonchev–Trinajstić information content (AvgIpc) is 2.67. The van der Waals surface area contributed by atoms with Crippen LogP contribution in [0.4, 0.5) is 5.82 Å². The SMILES string of the molecule is CC(=O)N1CCc2c(nc(-c3ccccn3)nc2NCCC(C)N(C)C)C1. The van der Waals surface area contributed by atoms with Crippen molar-refractivity contribution in [2.45, 2.75) is 39.3 Å². The van der Waals surface area contributed by atoms with Crippen LogP contribution in [-0.4, -0.2) is 63.9 Å². The number of hydrogen-bond donors (Lipinski definition) is 1. The van der Waals surface area contributed by atoms with Gasteiger partial charge in [-0.3, -0.25) is 9.78 Å². The number of fused-ring (bicyclic) bond motifs is 1. The quantitative estimate of drug-likeness (QED) is 0.843. The number of rotatable bonds is 6. The number of amides is 1. The second-order valence-electron chi connectivity index (χ2n) is 7.25. The molecule has 0 fully saturated rings. The summed E-state index contributed by atoms with van der Waals surface area (Å²) in [5.41, 5.74) is 2.77. The predicted molar refractivity (Wildman–Crippen MR) is 106 cm³/mol. The van der Waals surface area contributed by atoms with Gasteiger partial charge in [0, 0.05) is 37.8 Å². The lowest BCUT2D eigenvalue weighted by atomic mass is 10.0. The highest BCUT2D eigenvalue weighted by Gasteiger charge is 2.24. The smallest absolute Gasteiger partial charge is 0.219 e. The van der Waals surface area contributed by atoms with E-state index in [1.54, 1.807) is 13.1 Å². The van der Waals surface area contributed by atoms with Crippen LogP contribution in [0.1, 0.15) is 31.5 Å². The van der Waals surface area contributed by atoms with Crippen LogP contribution in [0.3, 0.4) is 0 Å². The van der Waals surface area contributed by atoms with E-state index in [1.807, 2.05) is 23.1 Å². The molecule has 0 saturated carbocycles. The van der Waals surface area contributed by atoms with E-state index >= 15 is 0 Å². The molecular weight excluding hydrogens is 340 g/mol. The zero-order chi connectivity index (χ0) is 19.4. The van der Waals surface area contributed by atoms with Gasteiger partial charge in [-0.25, -0.2) is 9.97 Å². The van der Waals surface area contributed by atoms with E-state index in [0.717, 1.165) is 42.2 Å². The first-order valence-corrected chi connectivity index (χ1v) is 9.42. The van der Waals surface area contributed by atoms with E-state index in [1.165, 1.54) is 0 Å². The molecule has 1 amide bonds. The van der Waals surface area contributed by atoms with Gasteiger partial charge in [0.2, 0.25) is 5.91 Å². The molecule has 2 aromatic heterocycles. The summed E-state index contributed by atoms with van der Waals surface area (Å²) in [6.45, 7) is 5.88. The maximum absolute atomic E-state index is 11.8. The molecule has 7 nitrogen and oxygen atoms in total. The number of nitrogens with one attached hydrogen (secondary N) is 1. The molecule has 27 heavy (non-hydrogen) atoms. The van der Waals surface area contributed by atoms with Crippen molar-refractivity contribution in [3.63, 3.8) is 0 Å². The molecule has 3 heterocycles. The number of hydrogen-bond acceptors (Lipinski definition) is 6. The van der Waals surface area contributed by atoms with Gasteiger partial charge in [-0.2, -0.15) is 0 Å². The van der Waals surface area contributed by atoms with Crippen molar-refractivity contribution in [2.75, 3.05) is 32.5 Å². The Hall–Kier alpha value is -2.54. The molecule has 1 aliphatic heterocycles. The highest BCUT2D eigenvalue weighted by Crippen LogP contribution is 2.26. The Morgan fingerprint density at radius 3 is 2.81 bits per heavy atom. The zero-order valence-corrected chi connectivity index (χ0v) is 16.6. The fourth-order valence-electron chi connectivity index (χ4n) is 3.11. The molecular formula is C20H28N6O. The summed E-state index contributed by atoms with van der Waals surface area (Å²) < 4.78 is 0. The van der Waals surface area contributed by atoms with Gasteiger partial charge in [-0.1, -0.05) is 6.07 Å². The van der Waals surface area contributed by atoms with Gasteiger partial charge < -0.3 is 15.1 Å². The van der Waals surface area contributed by atoms with Crippen LogP contribution in [-0.2, 0) is 17.8 Å². The normalized spacial score (nSPS) is 14.8. The third kappa shape index (κ3) is 4.60. The monoisotopic (exact) mass is 368 g/mol. The van der Waals surface area contributed by atoms with Gasteiger partial charge in [0.05, 0.1) is 12.2 Å². The lowest BCUT2D eigenvalue weighted by molar-refractivity contribution is -0.129. The van der Waals surface area contributed by atoms with E-state index in [4.69, 9.17) is 9.97 Å². The van der Waals surface area contributed by atoms with Gasteiger partial charge in [0.1, 0.15) is 11.5 Å². The first-order valence-electron chi connectivity index (χ1n) is 9.42. The van der Waals surface area contributed by atoms with Gasteiger partial charge >= 0.3 is 0 Å². The van der Waals surface area contributed by atoms with Crippen LogP contribution in [0.2, 0.25) is 0 Å². The van der Waals surface area contributed by atoms with Gasteiger partial charge in [-0.15, -0.1) is 0 Å². The predicted octanol–water partition coefficient (Wildman–Crippen LogP) is 2.20. The first-order chi connectivity index (χ1) is 13.0. The summed E-state index contributed by atoms with van der Waals surface area (Å²) in [6, 6.07) is 6.20. The molecule has 0 saturated heterocycles. The molecule has 1 unspecified atom stereocenters. The summed E-state index contributed by atoms with van der Waals surface area (Å²) >= 11 is 0. The number of aromatic nitrogens is 3. The van der Waals surface area contributed by atoms with Gasteiger partial charge in [0.15, 0.2) is 5.82 Å². The van der Waals surface area contributed by atoms with Crippen LogP contribution in [0, 0.1) is 0 Å². The minimum Gasteiger partial charge on any atom is -0.370 e. The van der Waals surface area contributed by atoms with Crippen molar-refractivity contribution in [3.05, 3.63) is 35.7 Å². The number of carbonyl (C=O) groups is 1. The standard InChI is InChI=1S/C20H28N6O/c1-14(25(3)4)8-11-22-19-16-9-12-26(15(2)27)13-18(16)23-20(24-19)17-7-5-6-10-21-17/h5-7,10,14H,8-9,11-13H2,1-4H3,(H,22,23,24). The lowest BCUT2D eigenvalue weighted by Gasteiger charge is -2.29. The van der Waals surface area contributed by atoms with Crippen LogP contribution >= 0.6 is 0 Å². The highest BCUT2D eigenvalue weighted by molar-refractivity contribution is 5.74. The van der Waals surface area contributed by atoms with Crippen LogP contribution in [0.25, 0.3) is 11.5 Å². The minimum atomic E-state index is 0.0768. The topological polar surface area (TPSA) is 74.2 Å². The molecule has 0 aliphatic carbocycles. The van der Waals surface area contributed by atoms with Crippen molar-refractivity contribution in [1.82, 2.24) is 24.8 Å². The van der Waals surface area contributed by atoms with E-state index in [9.17, 15) is 4.79 Å². The van der Waals surface area contributed by atoms with Crippen molar-refractivity contribution < 1.29 is 4.79 Å². The van der Waals surface area contributed by atoms with E-state index in [2.05, 4.69) is 36.2 Å². The maximum Gasteiger partial charge on any atom is 0.219 e. The Bertz CT molecular complexity index is 793. The molecule has 1 atom stereocenters. The molecule has 7 heteroatoms. The number of pyridine rings is 1. The summed E-state index contributed by atoms with van der Waals surface area (Å²) in [5, 5.41) is 3.50. The lowest BCUT2D eigenvalue weighted by Crippen LogP contribution is -2.35. The summed E-state index contributed by atoms with van der Waals surface area (Å²) in [4.78, 5) is 29.7. The van der Waals surface area contributed by atoms with Crippen molar-refractivity contribution >= 4 is 11.7 Å². The van der Waals surface area contributed by atoms with Gasteiger partial charge in [-0.05, 0) is 46.0 Å². The van der Waals surface area contributed by atoms with Gasteiger partial charge in [0.25, 0.3) is 0 Å². The number of nitrogens with zero attached hydrogens (tertiary/aromatic N) is 5. The Morgan fingerprint density at radius 1 is 1.33 bits per heavy atom. The first kappa shape index (κ1) is 19.2. The Labute approximate surface area is 160 Å². The van der Waals surface area contributed by atoms with Crippen molar-refractivity contribution in [2.24, 2.45) is 0 Å². The fraction of sp³-hybridized carbons (Fsp3) is 0.500. The van der Waals surface area contributed by atoms with Crippen LogP contribution in [0.15, 0.2) is 24.4 Å². The molecule has 3 rings (SSSR count). The Morgan fingerprint density at radius 2 is 2.15 bits per heavy atom. The molecule has 144 valence electrons.